The quantitative estimate of drug-likeness (QED) is 0.602. The van der Waals surface area contributed by atoms with E-state index in [4.69, 9.17) is 0 Å². The molecule has 0 spiro atoms. The van der Waals surface area contributed by atoms with Gasteiger partial charge in [-0.25, -0.2) is 14.6 Å². The summed E-state index contributed by atoms with van der Waals surface area (Å²) in [4.78, 5) is 23.1. The Morgan fingerprint density at radius 3 is 2.27 bits per heavy atom. The van der Waals surface area contributed by atoms with E-state index in [-0.39, 0.29) is 5.82 Å². The molecular formula is C16H14FN3O2. The first-order chi connectivity index (χ1) is 10.6. The molecule has 0 aliphatic rings. The lowest BCUT2D eigenvalue weighted by molar-refractivity contribution is -0.117. The second kappa shape index (κ2) is 7.58. The summed E-state index contributed by atoms with van der Waals surface area (Å²) >= 11 is 0. The molecule has 0 radical (unpaired) electrons. The molecule has 0 saturated carbocycles. The summed E-state index contributed by atoms with van der Waals surface area (Å²) in [5.74, 6) is -0.853. The Balaban J connectivity index is 1.77. The number of amides is 3. The van der Waals surface area contributed by atoms with Crippen molar-refractivity contribution in [2.45, 2.75) is 0 Å². The summed E-state index contributed by atoms with van der Waals surface area (Å²) in [6.07, 6.45) is 2.74. The predicted octanol–water partition coefficient (Wildman–Crippen LogP) is 2.69. The third-order valence-corrected chi connectivity index (χ3v) is 2.63. The van der Waals surface area contributed by atoms with Crippen LogP contribution in [0.15, 0.2) is 60.7 Å². The van der Waals surface area contributed by atoms with Crippen LogP contribution in [0.2, 0.25) is 0 Å². The third-order valence-electron chi connectivity index (χ3n) is 2.63. The summed E-state index contributed by atoms with van der Waals surface area (Å²) in [5, 5.41) is 2.55. The smallest absolute Gasteiger partial charge is 0.307 e. The van der Waals surface area contributed by atoms with Gasteiger partial charge in [0.25, 0.3) is 5.91 Å². The Bertz CT molecular complexity index is 670. The number of hydrogen-bond donors (Lipinski definition) is 3. The van der Waals surface area contributed by atoms with Crippen LogP contribution in [0.5, 0.6) is 0 Å². The molecule has 0 aliphatic heterocycles. The number of rotatable bonds is 3. The molecule has 22 heavy (non-hydrogen) atoms. The molecule has 0 heterocycles. The van der Waals surface area contributed by atoms with Crippen molar-refractivity contribution in [3.05, 3.63) is 72.1 Å². The number of hydrazine groups is 1. The van der Waals surface area contributed by atoms with Gasteiger partial charge in [0, 0.05) is 11.8 Å². The maximum Gasteiger partial charge on any atom is 0.337 e. The van der Waals surface area contributed by atoms with Gasteiger partial charge in [0.05, 0.1) is 0 Å². The van der Waals surface area contributed by atoms with Crippen molar-refractivity contribution in [1.29, 1.82) is 0 Å². The van der Waals surface area contributed by atoms with Gasteiger partial charge in [0.15, 0.2) is 0 Å². The Morgan fingerprint density at radius 1 is 0.909 bits per heavy atom. The fourth-order valence-electron chi connectivity index (χ4n) is 1.59. The summed E-state index contributed by atoms with van der Waals surface area (Å²) < 4.78 is 12.7. The summed E-state index contributed by atoms with van der Waals surface area (Å²) in [7, 11) is 0. The molecule has 2 aromatic rings. The van der Waals surface area contributed by atoms with Crippen LogP contribution in [-0.2, 0) is 4.79 Å². The molecule has 5 nitrogen and oxygen atoms in total. The van der Waals surface area contributed by atoms with Crippen LogP contribution < -0.4 is 16.2 Å². The molecule has 0 aromatic heterocycles. The van der Waals surface area contributed by atoms with Crippen molar-refractivity contribution in [2.24, 2.45) is 0 Å². The van der Waals surface area contributed by atoms with Gasteiger partial charge < -0.3 is 5.32 Å². The van der Waals surface area contributed by atoms with Gasteiger partial charge in [0.2, 0.25) is 0 Å². The van der Waals surface area contributed by atoms with Crippen molar-refractivity contribution in [3.8, 4) is 0 Å². The lowest BCUT2D eigenvalue weighted by atomic mass is 10.2. The minimum absolute atomic E-state index is 0.346. The third kappa shape index (κ3) is 5.09. The first-order valence-corrected chi connectivity index (χ1v) is 6.49. The largest absolute Gasteiger partial charge is 0.337 e. The highest BCUT2D eigenvalue weighted by molar-refractivity contribution is 5.95. The molecule has 0 bridgehead atoms. The molecule has 0 atom stereocenters. The van der Waals surface area contributed by atoms with Crippen LogP contribution in [0, 0.1) is 5.82 Å². The standard InChI is InChI=1S/C16H14FN3O2/c17-13-9-6-12(7-10-13)8-11-15(21)19-20-16(22)18-14-4-2-1-3-5-14/h1-11H,(H,19,21)(H2,18,20,22)/b11-8+. The average molecular weight is 299 g/mol. The SMILES string of the molecule is O=C(/C=C/c1ccc(F)cc1)NNC(=O)Nc1ccccc1. The molecule has 2 rings (SSSR count). The summed E-state index contributed by atoms with van der Waals surface area (Å²) in [6, 6.07) is 13.9. The molecular weight excluding hydrogens is 285 g/mol. The number of carbonyl (C=O) groups excluding carboxylic acids is 2. The highest BCUT2D eigenvalue weighted by Crippen LogP contribution is 2.05. The van der Waals surface area contributed by atoms with Crippen LogP contribution >= 0.6 is 0 Å². The van der Waals surface area contributed by atoms with Crippen LogP contribution in [0.4, 0.5) is 14.9 Å². The maximum atomic E-state index is 12.7. The highest BCUT2D eigenvalue weighted by Gasteiger charge is 2.01. The van der Waals surface area contributed by atoms with Crippen LogP contribution in [0.25, 0.3) is 6.08 Å². The van der Waals surface area contributed by atoms with E-state index in [9.17, 15) is 14.0 Å². The van der Waals surface area contributed by atoms with Gasteiger partial charge in [-0.05, 0) is 35.9 Å². The van der Waals surface area contributed by atoms with E-state index in [1.165, 1.54) is 36.4 Å². The minimum atomic E-state index is -0.560. The monoisotopic (exact) mass is 299 g/mol. The molecule has 112 valence electrons. The predicted molar refractivity (Wildman–Crippen MR) is 82.2 cm³/mol. The van der Waals surface area contributed by atoms with Crippen LogP contribution in [0.1, 0.15) is 5.56 Å². The zero-order valence-corrected chi connectivity index (χ0v) is 11.5. The Kier molecular flexibility index (Phi) is 5.25. The summed E-state index contributed by atoms with van der Waals surface area (Å²) in [6.45, 7) is 0. The minimum Gasteiger partial charge on any atom is -0.307 e. The number of carbonyl (C=O) groups is 2. The van der Waals surface area contributed by atoms with Crippen LogP contribution in [0.3, 0.4) is 0 Å². The van der Waals surface area contributed by atoms with Gasteiger partial charge >= 0.3 is 6.03 Å². The fraction of sp³-hybridized carbons (Fsp3) is 0. The molecule has 6 heteroatoms. The Morgan fingerprint density at radius 2 is 1.59 bits per heavy atom. The number of urea groups is 1. The van der Waals surface area contributed by atoms with Gasteiger partial charge in [-0.15, -0.1) is 0 Å². The number of anilines is 1. The number of para-hydroxylation sites is 1. The van der Waals surface area contributed by atoms with E-state index in [1.54, 1.807) is 24.3 Å². The molecule has 0 unspecified atom stereocenters. The van der Waals surface area contributed by atoms with Gasteiger partial charge in [-0.2, -0.15) is 0 Å². The fourth-order valence-corrected chi connectivity index (χ4v) is 1.59. The van der Waals surface area contributed by atoms with E-state index in [0.29, 0.717) is 11.3 Å². The lowest BCUT2D eigenvalue weighted by Crippen LogP contribution is -2.43. The topological polar surface area (TPSA) is 70.2 Å². The summed E-state index contributed by atoms with van der Waals surface area (Å²) in [5.41, 5.74) is 5.72. The molecule has 0 fully saturated rings. The van der Waals surface area contributed by atoms with Crippen molar-refractivity contribution >= 4 is 23.7 Å². The van der Waals surface area contributed by atoms with Crippen molar-refractivity contribution in [2.75, 3.05) is 5.32 Å². The zero-order chi connectivity index (χ0) is 15.8. The Hall–Kier alpha value is -3.15. The lowest BCUT2D eigenvalue weighted by Gasteiger charge is -2.07. The number of halogens is 1. The van der Waals surface area contributed by atoms with Gasteiger partial charge in [-0.3, -0.25) is 10.2 Å². The van der Waals surface area contributed by atoms with Crippen molar-refractivity contribution in [3.63, 3.8) is 0 Å². The van der Waals surface area contributed by atoms with E-state index in [2.05, 4.69) is 16.2 Å². The van der Waals surface area contributed by atoms with E-state index in [1.807, 2.05) is 6.07 Å². The molecule has 3 amide bonds. The van der Waals surface area contributed by atoms with Gasteiger partial charge in [0.1, 0.15) is 5.82 Å². The average Bonchev–Trinajstić information content (AvgIpc) is 2.53. The number of benzene rings is 2. The molecule has 0 saturated heterocycles. The molecule has 0 aliphatic carbocycles. The van der Waals surface area contributed by atoms with E-state index >= 15 is 0 Å². The first-order valence-electron chi connectivity index (χ1n) is 6.49. The number of hydrogen-bond acceptors (Lipinski definition) is 2. The normalized spacial score (nSPS) is 10.2. The maximum absolute atomic E-state index is 12.7. The highest BCUT2D eigenvalue weighted by atomic mass is 19.1. The van der Waals surface area contributed by atoms with Gasteiger partial charge in [-0.1, -0.05) is 30.3 Å². The molecule has 3 N–H and O–H groups in total. The number of nitrogens with one attached hydrogen (secondary N) is 3. The van der Waals surface area contributed by atoms with Crippen molar-refractivity contribution < 1.29 is 14.0 Å². The van der Waals surface area contributed by atoms with Crippen LogP contribution in [-0.4, -0.2) is 11.9 Å². The van der Waals surface area contributed by atoms with E-state index in [0.717, 1.165) is 0 Å². The second-order valence-corrected chi connectivity index (χ2v) is 4.32. The zero-order valence-electron chi connectivity index (χ0n) is 11.5. The first kappa shape index (κ1) is 15.2. The van der Waals surface area contributed by atoms with Crippen molar-refractivity contribution in [1.82, 2.24) is 10.9 Å². The second-order valence-electron chi connectivity index (χ2n) is 4.32. The van der Waals surface area contributed by atoms with E-state index < -0.39 is 11.9 Å². The molecule has 2 aromatic carbocycles. The Labute approximate surface area is 126 Å².